The van der Waals surface area contributed by atoms with Crippen LogP contribution in [-0.4, -0.2) is 28.0 Å². The smallest absolute Gasteiger partial charge is 0.240 e. The van der Waals surface area contributed by atoms with E-state index in [-0.39, 0.29) is 23.9 Å². The van der Waals surface area contributed by atoms with Gasteiger partial charge >= 0.3 is 0 Å². The molecule has 88 valence electrons. The van der Waals surface area contributed by atoms with Crippen molar-refractivity contribution < 1.29 is 4.79 Å². The van der Waals surface area contributed by atoms with Crippen LogP contribution in [0.25, 0.3) is 0 Å². The maximum atomic E-state index is 11.5. The number of hydrogen-bond donors (Lipinski definition) is 2. The summed E-state index contributed by atoms with van der Waals surface area (Å²) in [7, 11) is 0. The van der Waals surface area contributed by atoms with Gasteiger partial charge in [0.1, 0.15) is 5.15 Å². The van der Waals surface area contributed by atoms with E-state index in [1.807, 2.05) is 20.8 Å². The summed E-state index contributed by atoms with van der Waals surface area (Å²) in [5.74, 6) is 0.0189. The Morgan fingerprint density at radius 3 is 2.75 bits per heavy atom. The fourth-order valence-corrected chi connectivity index (χ4v) is 1.05. The van der Waals surface area contributed by atoms with Crippen LogP contribution in [0.3, 0.4) is 0 Å². The Morgan fingerprint density at radius 2 is 2.19 bits per heavy atom. The first-order chi connectivity index (χ1) is 7.37. The lowest BCUT2D eigenvalue weighted by molar-refractivity contribution is -0.115. The number of carbonyl (C=O) groups is 1. The van der Waals surface area contributed by atoms with Crippen LogP contribution in [-0.2, 0) is 4.79 Å². The molecular weight excluding hydrogens is 228 g/mol. The highest BCUT2D eigenvalue weighted by Gasteiger charge is 2.11. The molecule has 1 rings (SSSR count). The van der Waals surface area contributed by atoms with Crippen LogP contribution in [0, 0.1) is 0 Å². The molecule has 0 bridgehead atoms. The quantitative estimate of drug-likeness (QED) is 0.788. The van der Waals surface area contributed by atoms with Crippen LogP contribution in [0.4, 0.5) is 5.95 Å². The summed E-state index contributed by atoms with van der Waals surface area (Å²) in [5.41, 5.74) is -0.105. The molecule has 0 aliphatic heterocycles. The average molecular weight is 243 g/mol. The first-order valence-corrected chi connectivity index (χ1v) is 5.28. The first-order valence-electron chi connectivity index (χ1n) is 4.90. The minimum atomic E-state index is -0.197. The van der Waals surface area contributed by atoms with Gasteiger partial charge < -0.3 is 5.32 Å². The molecular formula is C10H15ClN4O. The fraction of sp³-hybridized carbons (Fsp3) is 0.500. The molecule has 0 spiro atoms. The molecule has 6 heteroatoms. The average Bonchev–Trinajstić information content (AvgIpc) is 2.14. The van der Waals surface area contributed by atoms with Crippen LogP contribution >= 0.6 is 11.6 Å². The van der Waals surface area contributed by atoms with Crippen LogP contribution in [0.1, 0.15) is 20.8 Å². The van der Waals surface area contributed by atoms with Crippen molar-refractivity contribution in [1.82, 2.24) is 15.3 Å². The van der Waals surface area contributed by atoms with Gasteiger partial charge in [0, 0.05) is 11.7 Å². The van der Waals surface area contributed by atoms with Crippen LogP contribution in [0.15, 0.2) is 12.3 Å². The lowest BCUT2D eigenvalue weighted by atomic mass is 10.1. The van der Waals surface area contributed by atoms with Gasteiger partial charge in [0.25, 0.3) is 0 Å². The Morgan fingerprint density at radius 1 is 1.50 bits per heavy atom. The van der Waals surface area contributed by atoms with Crippen molar-refractivity contribution in [2.24, 2.45) is 0 Å². The van der Waals surface area contributed by atoms with E-state index < -0.39 is 0 Å². The Hall–Kier alpha value is -1.20. The monoisotopic (exact) mass is 242 g/mol. The zero-order valence-electron chi connectivity index (χ0n) is 9.54. The van der Waals surface area contributed by atoms with Gasteiger partial charge in [-0.15, -0.1) is 0 Å². The summed E-state index contributed by atoms with van der Waals surface area (Å²) in [6.07, 6.45) is 1.49. The summed E-state index contributed by atoms with van der Waals surface area (Å²) in [6, 6.07) is 1.55. The standard InChI is InChI=1S/C10H15ClN4O/c1-10(2,3)13-6-8(16)15-9-12-5-4-7(11)14-9/h4-5,13H,6H2,1-3H3,(H,12,14,15,16). The predicted octanol–water partition coefficient (Wildman–Crippen LogP) is 1.46. The van der Waals surface area contributed by atoms with E-state index in [0.717, 1.165) is 0 Å². The normalized spacial score (nSPS) is 11.2. The molecule has 0 fully saturated rings. The van der Waals surface area contributed by atoms with Gasteiger partial charge in [-0.1, -0.05) is 11.6 Å². The number of hydrogen-bond acceptors (Lipinski definition) is 4. The summed E-state index contributed by atoms with van der Waals surface area (Å²) < 4.78 is 0. The van der Waals surface area contributed by atoms with Crippen molar-refractivity contribution in [2.75, 3.05) is 11.9 Å². The lowest BCUT2D eigenvalue weighted by Gasteiger charge is -2.19. The predicted molar refractivity (Wildman–Crippen MR) is 63.4 cm³/mol. The molecule has 1 heterocycles. The molecule has 1 aromatic rings. The molecule has 2 N–H and O–H groups in total. The second-order valence-electron chi connectivity index (χ2n) is 4.35. The lowest BCUT2D eigenvalue weighted by Crippen LogP contribution is -2.41. The minimum Gasteiger partial charge on any atom is -0.304 e. The van der Waals surface area contributed by atoms with E-state index >= 15 is 0 Å². The number of halogens is 1. The zero-order valence-corrected chi connectivity index (χ0v) is 10.3. The number of carbonyl (C=O) groups excluding carboxylic acids is 1. The molecule has 0 aromatic carbocycles. The van der Waals surface area contributed by atoms with Crippen molar-refractivity contribution in [1.29, 1.82) is 0 Å². The SMILES string of the molecule is CC(C)(C)NCC(=O)Nc1nccc(Cl)n1. The third-order valence-corrected chi connectivity index (χ3v) is 1.86. The van der Waals surface area contributed by atoms with Gasteiger partial charge in [0.05, 0.1) is 6.54 Å². The number of nitrogens with one attached hydrogen (secondary N) is 2. The summed E-state index contributed by atoms with van der Waals surface area (Å²) >= 11 is 5.66. The van der Waals surface area contributed by atoms with Crippen LogP contribution in [0.2, 0.25) is 5.15 Å². The van der Waals surface area contributed by atoms with Gasteiger partial charge in [-0.05, 0) is 26.8 Å². The van der Waals surface area contributed by atoms with Crippen molar-refractivity contribution in [3.05, 3.63) is 17.4 Å². The molecule has 0 unspecified atom stereocenters. The van der Waals surface area contributed by atoms with Gasteiger partial charge in [-0.25, -0.2) is 9.97 Å². The van der Waals surface area contributed by atoms with Gasteiger partial charge in [-0.3, -0.25) is 10.1 Å². The zero-order chi connectivity index (χ0) is 12.2. The Labute approximate surface area is 99.6 Å². The topological polar surface area (TPSA) is 66.9 Å². The fourth-order valence-electron chi connectivity index (χ4n) is 0.911. The first kappa shape index (κ1) is 12.9. The van der Waals surface area contributed by atoms with E-state index in [4.69, 9.17) is 11.6 Å². The highest BCUT2D eigenvalue weighted by atomic mass is 35.5. The van der Waals surface area contributed by atoms with Gasteiger partial charge in [0.15, 0.2) is 0 Å². The van der Waals surface area contributed by atoms with Crippen molar-refractivity contribution in [3.63, 3.8) is 0 Å². The van der Waals surface area contributed by atoms with E-state index in [1.165, 1.54) is 6.20 Å². The number of nitrogens with zero attached hydrogens (tertiary/aromatic N) is 2. The highest BCUT2D eigenvalue weighted by Crippen LogP contribution is 2.05. The van der Waals surface area contributed by atoms with E-state index in [2.05, 4.69) is 20.6 Å². The molecule has 0 aliphatic carbocycles. The maximum Gasteiger partial charge on any atom is 0.240 e. The molecule has 0 saturated heterocycles. The third-order valence-electron chi connectivity index (χ3n) is 1.65. The minimum absolute atomic E-state index is 0.105. The molecule has 0 radical (unpaired) electrons. The number of rotatable bonds is 3. The van der Waals surface area contributed by atoms with E-state index in [1.54, 1.807) is 6.07 Å². The number of amides is 1. The second kappa shape index (κ2) is 5.23. The molecule has 1 aromatic heterocycles. The Balaban J connectivity index is 2.46. The molecule has 1 amide bonds. The Kier molecular flexibility index (Phi) is 4.20. The van der Waals surface area contributed by atoms with E-state index in [9.17, 15) is 4.79 Å². The molecule has 5 nitrogen and oxygen atoms in total. The van der Waals surface area contributed by atoms with Crippen molar-refractivity contribution >= 4 is 23.5 Å². The molecule has 0 saturated carbocycles. The Bertz CT molecular complexity index is 375. The van der Waals surface area contributed by atoms with E-state index in [0.29, 0.717) is 5.15 Å². The second-order valence-corrected chi connectivity index (χ2v) is 4.74. The summed E-state index contributed by atoms with van der Waals surface area (Å²) in [6.45, 7) is 6.15. The highest BCUT2D eigenvalue weighted by molar-refractivity contribution is 6.29. The summed E-state index contributed by atoms with van der Waals surface area (Å²) in [5, 5.41) is 5.90. The number of anilines is 1. The van der Waals surface area contributed by atoms with Crippen LogP contribution < -0.4 is 10.6 Å². The van der Waals surface area contributed by atoms with Crippen molar-refractivity contribution in [3.8, 4) is 0 Å². The molecule has 0 atom stereocenters. The van der Waals surface area contributed by atoms with Crippen molar-refractivity contribution in [2.45, 2.75) is 26.3 Å². The number of aromatic nitrogens is 2. The largest absolute Gasteiger partial charge is 0.304 e. The maximum absolute atomic E-state index is 11.5. The summed E-state index contributed by atoms with van der Waals surface area (Å²) in [4.78, 5) is 19.2. The van der Waals surface area contributed by atoms with Gasteiger partial charge in [0.2, 0.25) is 11.9 Å². The molecule has 0 aliphatic rings. The third kappa shape index (κ3) is 5.04. The van der Waals surface area contributed by atoms with Crippen LogP contribution in [0.5, 0.6) is 0 Å². The molecule has 16 heavy (non-hydrogen) atoms. The van der Waals surface area contributed by atoms with Gasteiger partial charge in [-0.2, -0.15) is 0 Å².